The highest BCUT2D eigenvalue weighted by Crippen LogP contribution is 1.98. The second-order valence-electron chi connectivity index (χ2n) is 3.53. The first-order chi connectivity index (χ1) is 7.83. The second-order valence-corrected chi connectivity index (χ2v) is 3.53. The van der Waals surface area contributed by atoms with Gasteiger partial charge in [0.15, 0.2) is 5.82 Å². The number of nitrogens with zero attached hydrogens (tertiary/aromatic N) is 2. The molecule has 0 bridgehead atoms. The first-order valence-electron chi connectivity index (χ1n) is 5.63. The molecule has 1 rings (SSSR count). The Bertz CT molecular complexity index is 302. The molecule has 0 atom stereocenters. The number of hydrogen-bond donors (Lipinski definition) is 2. The van der Waals surface area contributed by atoms with Crippen LogP contribution < -0.4 is 10.6 Å². The maximum Gasteiger partial charge on any atom is 0.320 e. The number of hydrogen-bond acceptors (Lipinski definition) is 3. The van der Waals surface area contributed by atoms with Crippen molar-refractivity contribution < 1.29 is 4.79 Å². The van der Waals surface area contributed by atoms with Gasteiger partial charge in [0.25, 0.3) is 0 Å². The van der Waals surface area contributed by atoms with Gasteiger partial charge in [-0.3, -0.25) is 10.3 Å². The van der Waals surface area contributed by atoms with Gasteiger partial charge in [0.2, 0.25) is 0 Å². The van der Waals surface area contributed by atoms with E-state index in [2.05, 4.69) is 27.5 Å². The van der Waals surface area contributed by atoms with E-state index in [0.717, 1.165) is 12.8 Å². The molecule has 0 unspecified atom stereocenters. The molecule has 16 heavy (non-hydrogen) atoms. The lowest BCUT2D eigenvalue weighted by Gasteiger charge is -2.05. The predicted molar refractivity (Wildman–Crippen MR) is 63.2 cm³/mol. The number of aromatic nitrogens is 2. The van der Waals surface area contributed by atoms with Crippen molar-refractivity contribution in [3.05, 3.63) is 18.6 Å². The monoisotopic (exact) mass is 222 g/mol. The lowest BCUT2D eigenvalue weighted by molar-refractivity contribution is 0.252. The topological polar surface area (TPSA) is 66.9 Å². The molecule has 0 saturated carbocycles. The molecule has 2 N–H and O–H groups in total. The Morgan fingerprint density at radius 1 is 1.31 bits per heavy atom. The van der Waals surface area contributed by atoms with Gasteiger partial charge in [0, 0.05) is 18.9 Å². The number of carbonyl (C=O) groups is 1. The van der Waals surface area contributed by atoms with Crippen molar-refractivity contribution in [2.75, 3.05) is 11.9 Å². The van der Waals surface area contributed by atoms with E-state index in [4.69, 9.17) is 0 Å². The summed E-state index contributed by atoms with van der Waals surface area (Å²) in [6.07, 6.45) is 9.20. The fraction of sp³-hybridized carbons (Fsp3) is 0.545. The van der Waals surface area contributed by atoms with Gasteiger partial charge < -0.3 is 5.32 Å². The molecule has 2 amide bonds. The third-order valence-electron chi connectivity index (χ3n) is 2.12. The van der Waals surface area contributed by atoms with Crippen LogP contribution in [0.25, 0.3) is 0 Å². The molecule has 1 aromatic heterocycles. The van der Waals surface area contributed by atoms with Crippen LogP contribution in [-0.4, -0.2) is 22.5 Å². The van der Waals surface area contributed by atoms with E-state index in [1.165, 1.54) is 25.2 Å². The van der Waals surface area contributed by atoms with Gasteiger partial charge in [0.1, 0.15) is 0 Å². The summed E-state index contributed by atoms with van der Waals surface area (Å²) in [5, 5.41) is 5.38. The van der Waals surface area contributed by atoms with E-state index in [1.54, 1.807) is 6.20 Å². The summed E-state index contributed by atoms with van der Waals surface area (Å²) in [4.78, 5) is 19.2. The van der Waals surface area contributed by atoms with Crippen LogP contribution in [0.5, 0.6) is 0 Å². The van der Waals surface area contributed by atoms with Crippen LogP contribution in [0.15, 0.2) is 18.6 Å². The molecule has 0 radical (unpaired) electrons. The Morgan fingerprint density at radius 3 is 2.88 bits per heavy atom. The van der Waals surface area contributed by atoms with Crippen LogP contribution in [0.2, 0.25) is 0 Å². The van der Waals surface area contributed by atoms with Crippen LogP contribution in [0, 0.1) is 0 Å². The smallest absolute Gasteiger partial charge is 0.320 e. The van der Waals surface area contributed by atoms with Gasteiger partial charge in [-0.2, -0.15) is 0 Å². The molecule has 0 aliphatic carbocycles. The lowest BCUT2D eigenvalue weighted by Crippen LogP contribution is -2.29. The fourth-order valence-corrected chi connectivity index (χ4v) is 1.28. The highest BCUT2D eigenvalue weighted by molar-refractivity contribution is 5.87. The highest BCUT2D eigenvalue weighted by atomic mass is 16.2. The fourth-order valence-electron chi connectivity index (χ4n) is 1.28. The van der Waals surface area contributed by atoms with Crippen molar-refractivity contribution in [2.24, 2.45) is 0 Å². The SMILES string of the molecule is CCCCCCNC(=O)Nc1cnccn1. The largest absolute Gasteiger partial charge is 0.338 e. The minimum Gasteiger partial charge on any atom is -0.338 e. The zero-order valence-corrected chi connectivity index (χ0v) is 9.57. The maximum atomic E-state index is 11.4. The quantitative estimate of drug-likeness (QED) is 0.725. The molecule has 5 heteroatoms. The van der Waals surface area contributed by atoms with Crippen molar-refractivity contribution in [1.82, 2.24) is 15.3 Å². The van der Waals surface area contributed by atoms with E-state index in [9.17, 15) is 4.79 Å². The van der Waals surface area contributed by atoms with Gasteiger partial charge >= 0.3 is 6.03 Å². The minimum absolute atomic E-state index is 0.225. The average molecular weight is 222 g/mol. The van der Waals surface area contributed by atoms with E-state index in [0.29, 0.717) is 12.4 Å². The Morgan fingerprint density at radius 2 is 2.19 bits per heavy atom. The molecule has 1 aromatic rings. The third kappa shape index (κ3) is 5.29. The summed E-state index contributed by atoms with van der Waals surface area (Å²) in [5.41, 5.74) is 0. The van der Waals surface area contributed by atoms with Crippen molar-refractivity contribution >= 4 is 11.8 Å². The molecule has 0 aliphatic rings. The summed E-state index contributed by atoms with van der Waals surface area (Å²) in [5.74, 6) is 0.466. The zero-order valence-electron chi connectivity index (χ0n) is 9.57. The van der Waals surface area contributed by atoms with Gasteiger partial charge in [0.05, 0.1) is 6.20 Å². The lowest BCUT2D eigenvalue weighted by atomic mass is 10.2. The van der Waals surface area contributed by atoms with Crippen molar-refractivity contribution in [1.29, 1.82) is 0 Å². The normalized spacial score (nSPS) is 9.81. The molecular weight excluding hydrogens is 204 g/mol. The Balaban J connectivity index is 2.12. The van der Waals surface area contributed by atoms with Gasteiger partial charge in [-0.15, -0.1) is 0 Å². The van der Waals surface area contributed by atoms with Crippen LogP contribution in [0.3, 0.4) is 0 Å². The van der Waals surface area contributed by atoms with Crippen molar-refractivity contribution in [2.45, 2.75) is 32.6 Å². The molecule has 0 aromatic carbocycles. The first-order valence-corrected chi connectivity index (χ1v) is 5.63. The van der Waals surface area contributed by atoms with Crippen LogP contribution in [-0.2, 0) is 0 Å². The van der Waals surface area contributed by atoms with Gasteiger partial charge in [-0.1, -0.05) is 26.2 Å². The van der Waals surface area contributed by atoms with E-state index >= 15 is 0 Å². The number of amides is 2. The number of rotatable bonds is 6. The van der Waals surface area contributed by atoms with E-state index in [-0.39, 0.29) is 6.03 Å². The Hall–Kier alpha value is -1.65. The molecule has 88 valence electrons. The summed E-state index contributed by atoms with van der Waals surface area (Å²) >= 11 is 0. The third-order valence-corrected chi connectivity index (χ3v) is 2.12. The molecule has 0 fully saturated rings. The molecule has 5 nitrogen and oxygen atoms in total. The molecule has 1 heterocycles. The second kappa shape index (κ2) is 7.62. The average Bonchev–Trinajstić information content (AvgIpc) is 2.30. The number of urea groups is 1. The van der Waals surface area contributed by atoms with Gasteiger partial charge in [-0.05, 0) is 6.42 Å². The molecule has 0 aliphatic heterocycles. The number of nitrogens with one attached hydrogen (secondary N) is 2. The van der Waals surface area contributed by atoms with Crippen LogP contribution in [0.1, 0.15) is 32.6 Å². The molecule has 0 spiro atoms. The number of anilines is 1. The molecular formula is C11H18N4O. The number of carbonyl (C=O) groups excluding carboxylic acids is 1. The minimum atomic E-state index is -0.225. The Labute approximate surface area is 95.7 Å². The Kier molecular flexibility index (Phi) is 5.91. The summed E-state index contributed by atoms with van der Waals surface area (Å²) in [6.45, 7) is 2.86. The standard InChI is InChI=1S/C11H18N4O/c1-2-3-4-5-6-14-11(16)15-10-9-12-7-8-13-10/h7-9H,2-6H2,1H3,(H2,13,14,15,16). The predicted octanol–water partition coefficient (Wildman–Crippen LogP) is 2.18. The summed E-state index contributed by atoms with van der Waals surface area (Å²) in [6, 6.07) is -0.225. The highest BCUT2D eigenvalue weighted by Gasteiger charge is 2.00. The van der Waals surface area contributed by atoms with Crippen molar-refractivity contribution in [3.63, 3.8) is 0 Å². The van der Waals surface area contributed by atoms with Gasteiger partial charge in [-0.25, -0.2) is 9.78 Å². The first kappa shape index (κ1) is 12.4. The van der Waals surface area contributed by atoms with E-state index in [1.807, 2.05) is 0 Å². The van der Waals surface area contributed by atoms with Crippen molar-refractivity contribution in [3.8, 4) is 0 Å². The maximum absolute atomic E-state index is 11.4. The van der Waals surface area contributed by atoms with Crippen LogP contribution >= 0.6 is 0 Å². The van der Waals surface area contributed by atoms with E-state index < -0.39 is 0 Å². The summed E-state index contributed by atoms with van der Waals surface area (Å²) in [7, 11) is 0. The number of unbranched alkanes of at least 4 members (excludes halogenated alkanes) is 3. The zero-order chi connectivity index (χ0) is 11.6. The summed E-state index contributed by atoms with van der Waals surface area (Å²) < 4.78 is 0. The molecule has 0 saturated heterocycles. The van der Waals surface area contributed by atoms with Crippen LogP contribution in [0.4, 0.5) is 10.6 Å².